The first-order chi connectivity index (χ1) is 9.47. The van der Waals surface area contributed by atoms with E-state index in [2.05, 4.69) is 4.98 Å². The van der Waals surface area contributed by atoms with Gasteiger partial charge >= 0.3 is 0 Å². The SMILES string of the molecule is Fc1ccc2[nH]c(=S)n(-c3cc(Cl)c(Cl)cc3Cl)c2c1. The number of imidazole rings is 1. The van der Waals surface area contributed by atoms with Crippen molar-refractivity contribution in [2.45, 2.75) is 0 Å². The Labute approximate surface area is 133 Å². The zero-order valence-corrected chi connectivity index (χ0v) is 12.8. The third kappa shape index (κ3) is 2.23. The number of hydrogen-bond acceptors (Lipinski definition) is 1. The van der Waals surface area contributed by atoms with E-state index in [0.29, 0.717) is 36.6 Å². The van der Waals surface area contributed by atoms with E-state index in [-0.39, 0.29) is 5.82 Å². The fraction of sp³-hybridized carbons (Fsp3) is 0. The fourth-order valence-corrected chi connectivity index (χ4v) is 2.93. The number of rotatable bonds is 1. The zero-order chi connectivity index (χ0) is 14.4. The van der Waals surface area contributed by atoms with Gasteiger partial charge in [-0.2, -0.15) is 0 Å². The summed E-state index contributed by atoms with van der Waals surface area (Å²) in [4.78, 5) is 2.99. The van der Waals surface area contributed by atoms with Crippen LogP contribution in [0.3, 0.4) is 0 Å². The van der Waals surface area contributed by atoms with Gasteiger partial charge in [-0.25, -0.2) is 4.39 Å². The minimum Gasteiger partial charge on any atom is -0.330 e. The van der Waals surface area contributed by atoms with Crippen LogP contribution in [0, 0.1) is 10.6 Å². The van der Waals surface area contributed by atoms with Gasteiger partial charge in [0, 0.05) is 6.07 Å². The molecule has 1 heterocycles. The van der Waals surface area contributed by atoms with Gasteiger partial charge in [-0.15, -0.1) is 0 Å². The van der Waals surface area contributed by atoms with Gasteiger partial charge in [0.1, 0.15) is 5.82 Å². The molecule has 2 nitrogen and oxygen atoms in total. The van der Waals surface area contributed by atoms with Crippen LogP contribution in [-0.2, 0) is 0 Å². The van der Waals surface area contributed by atoms with Crippen molar-refractivity contribution in [2.75, 3.05) is 0 Å². The molecule has 7 heteroatoms. The van der Waals surface area contributed by atoms with Gasteiger partial charge in [0.25, 0.3) is 0 Å². The van der Waals surface area contributed by atoms with Gasteiger partial charge in [0.15, 0.2) is 4.77 Å². The number of benzene rings is 2. The molecule has 0 saturated carbocycles. The highest BCUT2D eigenvalue weighted by Gasteiger charge is 2.13. The molecule has 3 aromatic rings. The highest BCUT2D eigenvalue weighted by molar-refractivity contribution is 7.71. The molecule has 20 heavy (non-hydrogen) atoms. The molecule has 102 valence electrons. The highest BCUT2D eigenvalue weighted by atomic mass is 35.5. The molecule has 0 amide bonds. The number of aromatic amines is 1. The Morgan fingerprint density at radius 2 is 1.70 bits per heavy atom. The second-order valence-corrected chi connectivity index (χ2v) is 5.75. The molecule has 0 fully saturated rings. The van der Waals surface area contributed by atoms with E-state index < -0.39 is 0 Å². The smallest absolute Gasteiger partial charge is 0.182 e. The maximum absolute atomic E-state index is 13.4. The number of halogens is 4. The van der Waals surface area contributed by atoms with Crippen molar-refractivity contribution < 1.29 is 4.39 Å². The largest absolute Gasteiger partial charge is 0.330 e. The van der Waals surface area contributed by atoms with E-state index in [1.54, 1.807) is 16.7 Å². The van der Waals surface area contributed by atoms with Gasteiger partial charge in [-0.1, -0.05) is 34.8 Å². The zero-order valence-electron chi connectivity index (χ0n) is 9.75. The van der Waals surface area contributed by atoms with Crippen molar-refractivity contribution in [3.05, 3.63) is 56.0 Å². The first-order valence-corrected chi connectivity index (χ1v) is 7.07. The molecule has 1 N–H and O–H groups in total. The second kappa shape index (κ2) is 5.04. The summed E-state index contributed by atoms with van der Waals surface area (Å²) in [6, 6.07) is 7.47. The number of fused-ring (bicyclic) bond motifs is 1. The predicted molar refractivity (Wildman–Crippen MR) is 83.4 cm³/mol. The lowest BCUT2D eigenvalue weighted by Gasteiger charge is -2.09. The first-order valence-electron chi connectivity index (χ1n) is 5.52. The van der Waals surface area contributed by atoms with E-state index >= 15 is 0 Å². The van der Waals surface area contributed by atoms with E-state index in [1.165, 1.54) is 18.2 Å². The van der Waals surface area contributed by atoms with Crippen LogP contribution in [0.4, 0.5) is 4.39 Å². The van der Waals surface area contributed by atoms with Crippen molar-refractivity contribution in [3.63, 3.8) is 0 Å². The summed E-state index contributed by atoms with van der Waals surface area (Å²) in [5.41, 5.74) is 1.83. The van der Waals surface area contributed by atoms with Gasteiger partial charge in [-0.3, -0.25) is 4.57 Å². The maximum Gasteiger partial charge on any atom is 0.182 e. The Bertz CT molecular complexity index is 885. The lowest BCUT2D eigenvalue weighted by molar-refractivity contribution is 0.629. The average Bonchev–Trinajstić information content (AvgIpc) is 2.69. The number of nitrogens with zero attached hydrogens (tertiary/aromatic N) is 1. The summed E-state index contributed by atoms with van der Waals surface area (Å²) in [6.45, 7) is 0. The Balaban J connectivity index is 2.40. The van der Waals surface area contributed by atoms with Crippen LogP contribution in [0.5, 0.6) is 0 Å². The van der Waals surface area contributed by atoms with Crippen LogP contribution in [0.15, 0.2) is 30.3 Å². The molecular formula is C13H6Cl3FN2S. The number of nitrogens with one attached hydrogen (secondary N) is 1. The molecule has 1 aromatic heterocycles. The minimum absolute atomic E-state index is 0.345. The van der Waals surface area contributed by atoms with Gasteiger partial charge in [0.05, 0.1) is 31.8 Å². The third-order valence-corrected chi connectivity index (χ3v) is 4.19. The molecule has 0 radical (unpaired) electrons. The number of hydrogen-bond donors (Lipinski definition) is 1. The van der Waals surface area contributed by atoms with Gasteiger partial charge in [-0.05, 0) is 36.5 Å². The molecular weight excluding hydrogens is 342 g/mol. The molecule has 0 saturated heterocycles. The number of H-pyrrole nitrogens is 1. The topological polar surface area (TPSA) is 20.7 Å². The highest BCUT2D eigenvalue weighted by Crippen LogP contribution is 2.33. The average molecular weight is 348 g/mol. The lowest BCUT2D eigenvalue weighted by atomic mass is 10.2. The molecule has 3 rings (SSSR count). The van der Waals surface area contributed by atoms with Gasteiger partial charge < -0.3 is 4.98 Å². The standard InChI is InChI=1S/C13H6Cl3FN2S/c14-7-4-9(16)11(5-8(7)15)19-12-3-6(17)1-2-10(12)18-13(19)20/h1-5H,(H,18,20). The molecule has 0 spiro atoms. The van der Waals surface area contributed by atoms with Crippen molar-refractivity contribution in [2.24, 2.45) is 0 Å². The predicted octanol–water partition coefficient (Wildman–Crippen LogP) is 5.79. The van der Waals surface area contributed by atoms with E-state index in [1.807, 2.05) is 0 Å². The van der Waals surface area contributed by atoms with Crippen LogP contribution in [0.1, 0.15) is 0 Å². The summed E-state index contributed by atoms with van der Waals surface area (Å²) in [6.07, 6.45) is 0. The quantitative estimate of drug-likeness (QED) is 0.436. The van der Waals surface area contributed by atoms with Crippen molar-refractivity contribution in [1.29, 1.82) is 0 Å². The first kappa shape index (κ1) is 13.9. The van der Waals surface area contributed by atoms with Crippen LogP contribution in [0.25, 0.3) is 16.7 Å². The Hall–Kier alpha value is -1.07. The molecule has 0 bridgehead atoms. The third-order valence-electron chi connectivity index (χ3n) is 2.88. The lowest BCUT2D eigenvalue weighted by Crippen LogP contribution is -1.96. The molecule has 0 aliphatic rings. The molecule has 0 atom stereocenters. The monoisotopic (exact) mass is 346 g/mol. The minimum atomic E-state index is -0.364. The summed E-state index contributed by atoms with van der Waals surface area (Å²) in [7, 11) is 0. The normalized spacial score (nSPS) is 11.2. The Kier molecular flexibility index (Phi) is 3.50. The van der Waals surface area contributed by atoms with Crippen molar-refractivity contribution in [1.82, 2.24) is 9.55 Å². The van der Waals surface area contributed by atoms with Crippen molar-refractivity contribution in [3.8, 4) is 5.69 Å². The van der Waals surface area contributed by atoms with Crippen LogP contribution < -0.4 is 0 Å². The van der Waals surface area contributed by atoms with Crippen molar-refractivity contribution >= 4 is 58.1 Å². The molecule has 0 aliphatic carbocycles. The number of aromatic nitrogens is 2. The molecule has 0 aliphatic heterocycles. The summed E-state index contributed by atoms with van der Waals surface area (Å²) in [5, 5.41) is 1.07. The molecule has 2 aromatic carbocycles. The van der Waals surface area contributed by atoms with E-state index in [0.717, 1.165) is 0 Å². The maximum atomic E-state index is 13.4. The summed E-state index contributed by atoms with van der Waals surface area (Å²) >= 11 is 23.4. The molecule has 0 unspecified atom stereocenters. The van der Waals surface area contributed by atoms with E-state index in [9.17, 15) is 4.39 Å². The van der Waals surface area contributed by atoms with Gasteiger partial charge in [0.2, 0.25) is 0 Å². The van der Waals surface area contributed by atoms with E-state index in [4.69, 9.17) is 47.0 Å². The Morgan fingerprint density at radius 3 is 2.45 bits per heavy atom. The summed E-state index contributed by atoms with van der Waals surface area (Å²) < 4.78 is 15.5. The van der Waals surface area contributed by atoms with Crippen LogP contribution >= 0.6 is 47.0 Å². The second-order valence-electron chi connectivity index (χ2n) is 4.14. The fourth-order valence-electron chi connectivity index (χ4n) is 2.00. The summed E-state index contributed by atoms with van der Waals surface area (Å²) in [5.74, 6) is -0.364. The van der Waals surface area contributed by atoms with Crippen LogP contribution in [-0.4, -0.2) is 9.55 Å². The Morgan fingerprint density at radius 1 is 1.00 bits per heavy atom. The van der Waals surface area contributed by atoms with Crippen LogP contribution in [0.2, 0.25) is 15.1 Å².